The van der Waals surface area contributed by atoms with Gasteiger partial charge in [-0.3, -0.25) is 4.79 Å². The molecule has 2 heterocycles. The van der Waals surface area contributed by atoms with E-state index in [0.29, 0.717) is 6.42 Å². The minimum Gasteiger partial charge on any atom is -0.496 e. The predicted octanol–water partition coefficient (Wildman–Crippen LogP) is 2.95. The Morgan fingerprint density at radius 1 is 1.38 bits per heavy atom. The highest BCUT2D eigenvalue weighted by molar-refractivity contribution is 5.80. The molecule has 1 aliphatic rings. The first-order valence-corrected chi connectivity index (χ1v) is 8.42. The number of methoxy groups -OCH3 is 1. The number of rotatable bonds is 4. The fourth-order valence-electron chi connectivity index (χ4n) is 3.59. The van der Waals surface area contributed by atoms with Gasteiger partial charge in [-0.05, 0) is 32.8 Å². The maximum Gasteiger partial charge on any atom is 0.227 e. The van der Waals surface area contributed by atoms with Crippen LogP contribution in [0.25, 0.3) is 0 Å². The van der Waals surface area contributed by atoms with E-state index in [0.717, 1.165) is 47.8 Å². The van der Waals surface area contributed by atoms with Crippen molar-refractivity contribution in [2.24, 2.45) is 7.05 Å². The van der Waals surface area contributed by atoms with Gasteiger partial charge in [-0.15, -0.1) is 0 Å². The minimum atomic E-state index is 0.0759. The zero-order chi connectivity index (χ0) is 17.3. The van der Waals surface area contributed by atoms with Crippen molar-refractivity contribution >= 4 is 5.91 Å². The zero-order valence-electron chi connectivity index (χ0n) is 14.9. The lowest BCUT2D eigenvalue weighted by Gasteiger charge is -2.25. The molecule has 1 saturated heterocycles. The van der Waals surface area contributed by atoms with Gasteiger partial charge in [0, 0.05) is 25.4 Å². The number of benzene rings is 1. The molecule has 1 atom stereocenters. The van der Waals surface area contributed by atoms with E-state index in [1.54, 1.807) is 7.11 Å². The molecule has 5 nitrogen and oxygen atoms in total. The number of carbonyl (C=O) groups is 1. The largest absolute Gasteiger partial charge is 0.496 e. The van der Waals surface area contributed by atoms with Crippen molar-refractivity contribution in [3.63, 3.8) is 0 Å². The van der Waals surface area contributed by atoms with E-state index in [4.69, 9.17) is 4.74 Å². The molecule has 0 spiro atoms. The van der Waals surface area contributed by atoms with Crippen LogP contribution >= 0.6 is 0 Å². The molecule has 0 radical (unpaired) electrons. The number of aromatic nitrogens is 2. The number of hydrogen-bond donors (Lipinski definition) is 0. The Kier molecular flexibility index (Phi) is 4.60. The molecule has 3 rings (SSSR count). The number of carbonyl (C=O) groups excluding carboxylic acids is 1. The van der Waals surface area contributed by atoms with Crippen LogP contribution in [0.2, 0.25) is 0 Å². The van der Waals surface area contributed by atoms with E-state index in [1.165, 1.54) is 0 Å². The molecule has 128 valence electrons. The second-order valence-electron chi connectivity index (χ2n) is 6.59. The third kappa shape index (κ3) is 3.16. The van der Waals surface area contributed by atoms with E-state index in [1.807, 2.05) is 54.8 Å². The summed E-state index contributed by atoms with van der Waals surface area (Å²) < 4.78 is 7.45. The summed E-state index contributed by atoms with van der Waals surface area (Å²) in [6.07, 6.45) is 4.37. The van der Waals surface area contributed by atoms with Crippen LogP contribution in [-0.4, -0.2) is 34.0 Å². The van der Waals surface area contributed by atoms with Gasteiger partial charge in [0.2, 0.25) is 5.91 Å². The Morgan fingerprint density at radius 2 is 2.17 bits per heavy atom. The Labute approximate surface area is 143 Å². The van der Waals surface area contributed by atoms with Crippen molar-refractivity contribution in [1.82, 2.24) is 14.5 Å². The van der Waals surface area contributed by atoms with Crippen molar-refractivity contribution in [1.29, 1.82) is 0 Å². The Bertz CT molecular complexity index is 751. The molecule has 0 bridgehead atoms. The minimum absolute atomic E-state index is 0.0759. The maximum atomic E-state index is 12.9. The van der Waals surface area contributed by atoms with Crippen molar-refractivity contribution in [3.8, 4) is 5.75 Å². The molecular weight excluding hydrogens is 302 g/mol. The SMILES string of the molecule is COc1ccc(C)cc1CC(=O)N1CCC[C@H]1c1nc(C)cn1C. The second kappa shape index (κ2) is 6.67. The van der Waals surface area contributed by atoms with Crippen LogP contribution < -0.4 is 4.74 Å². The summed E-state index contributed by atoms with van der Waals surface area (Å²) in [4.78, 5) is 19.5. The highest BCUT2D eigenvalue weighted by atomic mass is 16.5. The fourth-order valence-corrected chi connectivity index (χ4v) is 3.59. The third-order valence-corrected chi connectivity index (χ3v) is 4.68. The van der Waals surface area contributed by atoms with Crippen LogP contribution in [0, 0.1) is 13.8 Å². The molecule has 0 aliphatic carbocycles. The highest BCUT2D eigenvalue weighted by Crippen LogP contribution is 2.32. The van der Waals surface area contributed by atoms with E-state index < -0.39 is 0 Å². The van der Waals surface area contributed by atoms with Crippen molar-refractivity contribution in [2.75, 3.05) is 13.7 Å². The van der Waals surface area contributed by atoms with Gasteiger partial charge in [0.15, 0.2) is 0 Å². The van der Waals surface area contributed by atoms with Crippen LogP contribution in [0.15, 0.2) is 24.4 Å². The normalized spacial score (nSPS) is 17.3. The molecule has 0 N–H and O–H groups in total. The Balaban J connectivity index is 1.82. The van der Waals surface area contributed by atoms with Crippen molar-refractivity contribution < 1.29 is 9.53 Å². The zero-order valence-corrected chi connectivity index (χ0v) is 14.9. The van der Waals surface area contributed by atoms with E-state index in [-0.39, 0.29) is 11.9 Å². The first-order chi connectivity index (χ1) is 11.5. The molecular formula is C19H25N3O2. The molecule has 1 amide bonds. The molecule has 0 unspecified atom stereocenters. The summed E-state index contributed by atoms with van der Waals surface area (Å²) in [5, 5.41) is 0. The Hall–Kier alpha value is -2.30. The molecule has 0 saturated carbocycles. The van der Waals surface area contributed by atoms with Gasteiger partial charge in [0.25, 0.3) is 0 Å². The van der Waals surface area contributed by atoms with E-state index >= 15 is 0 Å². The van der Waals surface area contributed by atoms with E-state index in [2.05, 4.69) is 4.98 Å². The molecule has 2 aromatic rings. The number of hydrogen-bond acceptors (Lipinski definition) is 3. The van der Waals surface area contributed by atoms with Crippen LogP contribution in [0.1, 0.15) is 41.5 Å². The van der Waals surface area contributed by atoms with Gasteiger partial charge in [-0.25, -0.2) is 4.98 Å². The lowest BCUT2D eigenvalue weighted by molar-refractivity contribution is -0.131. The average Bonchev–Trinajstić information content (AvgIpc) is 3.13. The van der Waals surface area contributed by atoms with E-state index in [9.17, 15) is 4.79 Å². The summed E-state index contributed by atoms with van der Waals surface area (Å²) >= 11 is 0. The lowest BCUT2D eigenvalue weighted by Crippen LogP contribution is -2.33. The van der Waals surface area contributed by atoms with Crippen LogP contribution in [0.4, 0.5) is 0 Å². The molecule has 24 heavy (non-hydrogen) atoms. The van der Waals surface area contributed by atoms with Gasteiger partial charge in [0.1, 0.15) is 11.6 Å². The number of ether oxygens (including phenoxy) is 1. The summed E-state index contributed by atoms with van der Waals surface area (Å²) in [5.74, 6) is 1.90. The van der Waals surface area contributed by atoms with Crippen molar-refractivity contribution in [3.05, 3.63) is 47.0 Å². The van der Waals surface area contributed by atoms with Gasteiger partial charge >= 0.3 is 0 Å². The highest BCUT2D eigenvalue weighted by Gasteiger charge is 2.32. The predicted molar refractivity (Wildman–Crippen MR) is 93.1 cm³/mol. The number of likely N-dealkylation sites (tertiary alicyclic amines) is 1. The fraction of sp³-hybridized carbons (Fsp3) is 0.474. The van der Waals surface area contributed by atoms with Crippen LogP contribution in [-0.2, 0) is 18.3 Å². The second-order valence-corrected chi connectivity index (χ2v) is 6.59. The average molecular weight is 327 g/mol. The molecule has 1 aromatic carbocycles. The van der Waals surface area contributed by atoms with Gasteiger partial charge < -0.3 is 14.2 Å². The van der Waals surface area contributed by atoms with Gasteiger partial charge in [0.05, 0.1) is 25.3 Å². The number of aryl methyl sites for hydroxylation is 3. The summed E-state index contributed by atoms with van der Waals surface area (Å²) in [6, 6.07) is 6.04. The lowest BCUT2D eigenvalue weighted by atomic mass is 10.1. The van der Waals surface area contributed by atoms with Crippen LogP contribution in [0.3, 0.4) is 0 Å². The standard InChI is InChI=1S/C19H25N3O2/c1-13-7-8-17(24-4)15(10-13)11-18(23)22-9-5-6-16(22)19-20-14(2)12-21(19)3/h7-8,10,12,16H,5-6,9,11H2,1-4H3/t16-/m0/s1. The summed E-state index contributed by atoms with van der Waals surface area (Å²) in [6.45, 7) is 4.81. The number of imidazole rings is 1. The monoisotopic (exact) mass is 327 g/mol. The topological polar surface area (TPSA) is 47.4 Å². The number of nitrogens with zero attached hydrogens (tertiary/aromatic N) is 3. The first kappa shape index (κ1) is 16.6. The third-order valence-electron chi connectivity index (χ3n) is 4.68. The Morgan fingerprint density at radius 3 is 2.83 bits per heavy atom. The molecule has 1 aliphatic heterocycles. The van der Waals surface area contributed by atoms with Gasteiger partial charge in [-0.2, -0.15) is 0 Å². The number of amides is 1. The summed E-state index contributed by atoms with van der Waals surface area (Å²) in [5.41, 5.74) is 3.08. The van der Waals surface area contributed by atoms with Gasteiger partial charge in [-0.1, -0.05) is 17.7 Å². The van der Waals surface area contributed by atoms with Crippen LogP contribution in [0.5, 0.6) is 5.75 Å². The molecule has 1 aromatic heterocycles. The van der Waals surface area contributed by atoms with Crippen molar-refractivity contribution in [2.45, 2.75) is 39.2 Å². The maximum absolute atomic E-state index is 12.9. The quantitative estimate of drug-likeness (QED) is 0.867. The molecule has 1 fully saturated rings. The first-order valence-electron chi connectivity index (χ1n) is 8.42. The summed E-state index contributed by atoms with van der Waals surface area (Å²) in [7, 11) is 3.65. The smallest absolute Gasteiger partial charge is 0.227 e. The molecule has 5 heteroatoms.